The maximum absolute atomic E-state index is 12.9. The molecule has 8 heteroatoms. The van der Waals surface area contributed by atoms with Crippen LogP contribution < -0.4 is 5.32 Å². The fourth-order valence-corrected chi connectivity index (χ4v) is 5.95. The number of carboxylic acid groups (broad SMARTS) is 1. The first-order valence-electron chi connectivity index (χ1n) is 10.6. The molecular formula is C21H32N2O5S. The minimum atomic E-state index is -3.58. The summed E-state index contributed by atoms with van der Waals surface area (Å²) in [5, 5.41) is 11.5. The lowest BCUT2D eigenvalue weighted by atomic mass is 9.90. The van der Waals surface area contributed by atoms with Gasteiger partial charge in [0, 0.05) is 19.7 Å². The summed E-state index contributed by atoms with van der Waals surface area (Å²) in [7, 11) is -3.58. The Morgan fingerprint density at radius 1 is 1.10 bits per heavy atom. The molecule has 1 heterocycles. The van der Waals surface area contributed by atoms with Crippen molar-refractivity contribution < 1.29 is 23.1 Å². The standard InChI is InChI=1S/C21H32N2O5S/c24-21(25)22-20(18-9-5-2-6-10-18)16-29(26,27)23-13-11-19(12-14-23)28-15-17-7-3-1-4-8-17/h2,5-6,9-10,17,19-20,22H,1,3-4,7-8,11-16H2,(H,24,25). The number of nitrogens with one attached hydrogen (secondary N) is 1. The highest BCUT2D eigenvalue weighted by atomic mass is 32.2. The van der Waals surface area contributed by atoms with E-state index >= 15 is 0 Å². The van der Waals surface area contributed by atoms with Gasteiger partial charge in [0.25, 0.3) is 0 Å². The van der Waals surface area contributed by atoms with Gasteiger partial charge in [0.2, 0.25) is 10.0 Å². The second-order valence-corrected chi connectivity index (χ2v) is 10.1. The molecule has 1 aliphatic heterocycles. The highest BCUT2D eigenvalue weighted by molar-refractivity contribution is 7.89. The maximum Gasteiger partial charge on any atom is 0.405 e. The summed E-state index contributed by atoms with van der Waals surface area (Å²) < 4.78 is 33.4. The first-order chi connectivity index (χ1) is 13.9. The first kappa shape index (κ1) is 22.1. The number of hydrogen-bond acceptors (Lipinski definition) is 4. The van der Waals surface area contributed by atoms with Crippen molar-refractivity contribution in [1.29, 1.82) is 0 Å². The van der Waals surface area contributed by atoms with E-state index in [9.17, 15) is 13.2 Å². The normalized spacial score (nSPS) is 21.0. The third-order valence-electron chi connectivity index (χ3n) is 5.96. The zero-order valence-electron chi connectivity index (χ0n) is 16.8. The smallest absolute Gasteiger partial charge is 0.405 e. The van der Waals surface area contributed by atoms with Gasteiger partial charge in [-0.2, -0.15) is 0 Å². The summed E-state index contributed by atoms with van der Waals surface area (Å²) in [6, 6.07) is 8.04. The molecule has 0 bridgehead atoms. The van der Waals surface area contributed by atoms with E-state index in [2.05, 4.69) is 5.32 Å². The monoisotopic (exact) mass is 424 g/mol. The van der Waals surface area contributed by atoms with E-state index in [1.165, 1.54) is 36.4 Å². The van der Waals surface area contributed by atoms with Crippen LogP contribution in [0.5, 0.6) is 0 Å². The molecule has 0 radical (unpaired) electrons. The summed E-state index contributed by atoms with van der Waals surface area (Å²) in [5.74, 6) is 0.371. The zero-order chi connectivity index (χ0) is 20.7. The SMILES string of the molecule is O=C(O)NC(CS(=O)(=O)N1CCC(OCC2CCCCC2)CC1)c1ccccc1. The van der Waals surface area contributed by atoms with Gasteiger partial charge in [-0.3, -0.25) is 0 Å². The topological polar surface area (TPSA) is 95.9 Å². The molecule has 1 aliphatic carbocycles. The van der Waals surface area contributed by atoms with Crippen LogP contribution in [0.4, 0.5) is 4.79 Å². The van der Waals surface area contributed by atoms with Crippen LogP contribution >= 0.6 is 0 Å². The van der Waals surface area contributed by atoms with Crippen LogP contribution in [0.1, 0.15) is 56.6 Å². The Morgan fingerprint density at radius 2 is 1.76 bits per heavy atom. The Bertz CT molecular complexity index is 742. The Kier molecular flexibility index (Phi) is 7.91. The maximum atomic E-state index is 12.9. The van der Waals surface area contributed by atoms with E-state index in [0.717, 1.165) is 6.61 Å². The van der Waals surface area contributed by atoms with Crippen LogP contribution in [0.3, 0.4) is 0 Å². The lowest BCUT2D eigenvalue weighted by Gasteiger charge is -2.33. The van der Waals surface area contributed by atoms with E-state index in [-0.39, 0.29) is 11.9 Å². The van der Waals surface area contributed by atoms with Gasteiger partial charge in [0.05, 0.1) is 17.9 Å². The molecule has 3 rings (SSSR count). The van der Waals surface area contributed by atoms with Crippen molar-refractivity contribution in [2.45, 2.75) is 57.1 Å². The number of carbonyl (C=O) groups is 1. The predicted molar refractivity (Wildman–Crippen MR) is 111 cm³/mol. The molecule has 2 N–H and O–H groups in total. The van der Waals surface area contributed by atoms with Gasteiger partial charge in [-0.25, -0.2) is 17.5 Å². The van der Waals surface area contributed by atoms with E-state index in [4.69, 9.17) is 9.84 Å². The molecule has 1 saturated carbocycles. The van der Waals surface area contributed by atoms with Gasteiger partial charge < -0.3 is 15.2 Å². The lowest BCUT2D eigenvalue weighted by molar-refractivity contribution is -0.00413. The van der Waals surface area contributed by atoms with Crippen molar-refractivity contribution in [3.63, 3.8) is 0 Å². The van der Waals surface area contributed by atoms with Gasteiger partial charge in [0.1, 0.15) is 0 Å². The zero-order valence-corrected chi connectivity index (χ0v) is 17.6. The van der Waals surface area contributed by atoms with Gasteiger partial charge in [0.15, 0.2) is 0 Å². The molecule has 1 aromatic rings. The fourth-order valence-electron chi connectivity index (χ4n) is 4.27. The van der Waals surface area contributed by atoms with Crippen molar-refractivity contribution >= 4 is 16.1 Å². The second kappa shape index (κ2) is 10.4. The largest absolute Gasteiger partial charge is 0.465 e. The van der Waals surface area contributed by atoms with Crippen molar-refractivity contribution in [2.24, 2.45) is 5.92 Å². The van der Waals surface area contributed by atoms with Crippen LogP contribution in [-0.2, 0) is 14.8 Å². The molecule has 1 saturated heterocycles. The third kappa shape index (κ3) is 6.69. The fraction of sp³-hybridized carbons (Fsp3) is 0.667. The van der Waals surface area contributed by atoms with Crippen molar-refractivity contribution in [3.8, 4) is 0 Å². The Labute approximate surface area is 173 Å². The Balaban J connectivity index is 1.52. The van der Waals surface area contributed by atoms with Crippen molar-refractivity contribution in [3.05, 3.63) is 35.9 Å². The number of hydrogen-bond donors (Lipinski definition) is 2. The van der Waals surface area contributed by atoms with Crippen LogP contribution in [0.15, 0.2) is 30.3 Å². The highest BCUT2D eigenvalue weighted by Crippen LogP contribution is 2.26. The number of ether oxygens (including phenoxy) is 1. The van der Waals surface area contributed by atoms with Crippen LogP contribution in [0.25, 0.3) is 0 Å². The molecule has 2 fully saturated rings. The third-order valence-corrected chi connectivity index (χ3v) is 7.87. The van der Waals surface area contributed by atoms with E-state index in [1.807, 2.05) is 6.07 Å². The second-order valence-electron chi connectivity index (χ2n) is 8.13. The molecule has 2 aliphatic rings. The van der Waals surface area contributed by atoms with E-state index in [0.29, 0.717) is 37.4 Å². The summed E-state index contributed by atoms with van der Waals surface area (Å²) in [4.78, 5) is 11.2. The minimum absolute atomic E-state index is 0.116. The molecule has 29 heavy (non-hydrogen) atoms. The van der Waals surface area contributed by atoms with Gasteiger partial charge in [-0.05, 0) is 37.2 Å². The molecule has 7 nitrogen and oxygen atoms in total. The van der Waals surface area contributed by atoms with Crippen molar-refractivity contribution in [1.82, 2.24) is 9.62 Å². The average Bonchev–Trinajstić information content (AvgIpc) is 2.73. The molecule has 1 unspecified atom stereocenters. The molecule has 1 amide bonds. The van der Waals surface area contributed by atoms with Gasteiger partial charge in [-0.15, -0.1) is 0 Å². The molecule has 162 valence electrons. The Morgan fingerprint density at radius 3 is 2.38 bits per heavy atom. The summed E-state index contributed by atoms with van der Waals surface area (Å²) in [6.45, 7) is 1.63. The van der Waals surface area contributed by atoms with Crippen LogP contribution in [0.2, 0.25) is 0 Å². The van der Waals surface area contributed by atoms with Gasteiger partial charge in [-0.1, -0.05) is 49.6 Å². The number of rotatable bonds is 8. The minimum Gasteiger partial charge on any atom is -0.465 e. The summed E-state index contributed by atoms with van der Waals surface area (Å²) >= 11 is 0. The number of sulfonamides is 1. The predicted octanol–water partition coefficient (Wildman–Crippen LogP) is 3.39. The summed E-state index contributed by atoms with van der Waals surface area (Å²) in [6.07, 6.45) is 6.65. The van der Waals surface area contributed by atoms with Crippen molar-refractivity contribution in [2.75, 3.05) is 25.4 Å². The van der Waals surface area contributed by atoms with E-state index < -0.39 is 22.2 Å². The van der Waals surface area contributed by atoms with Crippen LogP contribution in [-0.4, -0.2) is 55.5 Å². The number of benzene rings is 1. The number of piperidine rings is 1. The number of nitrogens with zero attached hydrogens (tertiary/aromatic N) is 1. The van der Waals surface area contributed by atoms with Gasteiger partial charge >= 0.3 is 6.09 Å². The quantitative estimate of drug-likeness (QED) is 0.667. The summed E-state index contributed by atoms with van der Waals surface area (Å²) in [5.41, 5.74) is 0.643. The highest BCUT2D eigenvalue weighted by Gasteiger charge is 2.32. The molecule has 0 aromatic heterocycles. The molecular weight excluding hydrogens is 392 g/mol. The van der Waals surface area contributed by atoms with Crippen LogP contribution in [0, 0.1) is 5.92 Å². The lowest BCUT2D eigenvalue weighted by Crippen LogP contribution is -2.44. The number of amides is 1. The molecule has 1 atom stereocenters. The molecule has 0 spiro atoms. The van der Waals surface area contributed by atoms with E-state index in [1.54, 1.807) is 24.3 Å². The first-order valence-corrected chi connectivity index (χ1v) is 12.2. The average molecular weight is 425 g/mol. The Hall–Kier alpha value is -1.64. The molecule has 1 aromatic carbocycles.